The summed E-state index contributed by atoms with van der Waals surface area (Å²) in [4.78, 5) is 3.91. The van der Waals surface area contributed by atoms with E-state index < -0.39 is 0 Å². The van der Waals surface area contributed by atoms with Crippen molar-refractivity contribution >= 4 is 17.9 Å². The smallest absolute Gasteiger partial charge is 0.237 e. The van der Waals surface area contributed by atoms with Gasteiger partial charge in [-0.1, -0.05) is 9.39 Å². The van der Waals surface area contributed by atoms with Gasteiger partial charge in [0.1, 0.15) is 6.33 Å². The third-order valence-corrected chi connectivity index (χ3v) is 1.64. The predicted octanol–water partition coefficient (Wildman–Crippen LogP) is 0.993. The molecule has 2 aromatic rings. The lowest BCUT2D eigenvalue weighted by molar-refractivity contribution is 0.311. The Hall–Kier alpha value is -1.30. The predicted molar refractivity (Wildman–Crippen MR) is 38.3 cm³/mol. The Morgan fingerprint density at radius 3 is 3.09 bits per heavy atom. The first-order valence-corrected chi connectivity index (χ1v) is 3.27. The summed E-state index contributed by atoms with van der Waals surface area (Å²) in [6, 6.07) is 1.58. The van der Waals surface area contributed by atoms with Crippen LogP contribution < -0.4 is 0 Å². The molecule has 2 rings (SSSR count). The molecule has 4 nitrogen and oxygen atoms in total. The summed E-state index contributed by atoms with van der Waals surface area (Å²) in [6.07, 6.45) is 2.94. The molecule has 0 spiro atoms. The van der Waals surface area contributed by atoms with Gasteiger partial charge in [0.2, 0.25) is 4.77 Å². The van der Waals surface area contributed by atoms with Crippen LogP contribution in [0.5, 0.6) is 0 Å². The average molecular weight is 170 g/mol. The Labute approximate surface area is 65.8 Å². The summed E-state index contributed by atoms with van der Waals surface area (Å²) in [5.41, 5.74) is 0.451. The molecule has 56 valence electrons. The number of fused-ring (bicyclic) bond motifs is 1. The van der Waals surface area contributed by atoms with Crippen molar-refractivity contribution in [3.63, 3.8) is 0 Å². The van der Waals surface area contributed by atoms with E-state index in [0.29, 0.717) is 5.65 Å². The third kappa shape index (κ3) is 0.829. The Morgan fingerprint density at radius 2 is 2.36 bits per heavy atom. The van der Waals surface area contributed by atoms with Crippen LogP contribution in [0.3, 0.4) is 0 Å². The van der Waals surface area contributed by atoms with Crippen LogP contribution in [0.25, 0.3) is 5.65 Å². The van der Waals surface area contributed by atoms with Gasteiger partial charge in [0.05, 0.1) is 0 Å². The van der Waals surface area contributed by atoms with Gasteiger partial charge in [0.25, 0.3) is 0 Å². The van der Waals surface area contributed by atoms with E-state index in [1.807, 2.05) is 0 Å². The van der Waals surface area contributed by atoms with Crippen LogP contribution >= 0.6 is 12.2 Å². The molecule has 0 saturated heterocycles. The maximum atomic E-state index is 12.6. The summed E-state index contributed by atoms with van der Waals surface area (Å²) in [6.45, 7) is 0. The topological polar surface area (TPSA) is 35.1 Å². The van der Waals surface area contributed by atoms with Crippen molar-refractivity contribution in [3.8, 4) is 0 Å². The number of hydrogen-bond acceptors (Lipinski definition) is 3. The summed E-state index contributed by atoms with van der Waals surface area (Å²) in [5.74, 6) is 0. The molecule has 0 amide bonds. The fraction of sp³-hybridized carbons (Fsp3) is 0. The normalized spacial score (nSPS) is 10.6. The fourth-order valence-electron chi connectivity index (χ4n) is 0.805. The van der Waals surface area contributed by atoms with Crippen molar-refractivity contribution in [2.45, 2.75) is 0 Å². The molecule has 6 heteroatoms. The van der Waals surface area contributed by atoms with Gasteiger partial charge in [-0.05, 0) is 12.2 Å². The van der Waals surface area contributed by atoms with Crippen LogP contribution in [-0.2, 0) is 0 Å². The first kappa shape index (κ1) is 6.41. The largest absolute Gasteiger partial charge is 0.256 e. The van der Waals surface area contributed by atoms with Gasteiger partial charge in [-0.2, -0.15) is 0 Å². The van der Waals surface area contributed by atoms with Gasteiger partial charge in [-0.15, -0.1) is 5.10 Å². The zero-order chi connectivity index (χ0) is 7.84. The van der Waals surface area contributed by atoms with Crippen LogP contribution in [0.15, 0.2) is 18.6 Å². The molecule has 11 heavy (non-hydrogen) atoms. The second kappa shape index (κ2) is 2.09. The molecule has 2 heterocycles. The summed E-state index contributed by atoms with van der Waals surface area (Å²) < 4.78 is 14.0. The van der Waals surface area contributed by atoms with Gasteiger partial charge in [-0.25, -0.2) is 4.98 Å². The van der Waals surface area contributed by atoms with E-state index in [1.54, 1.807) is 6.07 Å². The van der Waals surface area contributed by atoms with E-state index in [0.717, 1.165) is 0 Å². The van der Waals surface area contributed by atoms with Crippen molar-refractivity contribution < 1.29 is 4.48 Å². The lowest BCUT2D eigenvalue weighted by atomic mass is 10.6. The Bertz CT molecular complexity index is 445. The monoisotopic (exact) mass is 170 g/mol. The van der Waals surface area contributed by atoms with Gasteiger partial charge in [-0.3, -0.25) is 4.40 Å². The lowest BCUT2D eigenvalue weighted by Crippen LogP contribution is -1.85. The molecule has 0 unspecified atom stereocenters. The fourth-order valence-corrected chi connectivity index (χ4v) is 0.986. The lowest BCUT2D eigenvalue weighted by Gasteiger charge is -1.84. The summed E-state index contributed by atoms with van der Waals surface area (Å²) in [5, 5.41) is 3.48. The number of rotatable bonds is 0. The van der Waals surface area contributed by atoms with E-state index >= 15 is 0 Å². The van der Waals surface area contributed by atoms with Crippen molar-refractivity contribution in [1.82, 2.24) is 19.4 Å². The van der Waals surface area contributed by atoms with Crippen molar-refractivity contribution in [1.29, 1.82) is 0 Å². The number of hydrogen-bond donors (Lipinski definition) is 0. The second-order valence-electron chi connectivity index (χ2n) is 1.95. The van der Waals surface area contributed by atoms with Crippen LogP contribution in [0.4, 0.5) is 4.48 Å². The van der Waals surface area contributed by atoms with Crippen molar-refractivity contribution in [2.75, 3.05) is 0 Å². The first-order valence-electron chi connectivity index (χ1n) is 2.86. The minimum atomic E-state index is -0.00639. The first-order chi connectivity index (χ1) is 5.29. The SMILES string of the molecule is Fn1nc2ccncn2c1=S. The molecular formula is C5H3FN4S. The molecule has 0 fully saturated rings. The van der Waals surface area contributed by atoms with Crippen LogP contribution in [0.1, 0.15) is 0 Å². The molecule has 0 aliphatic rings. The molecular weight excluding hydrogens is 167 g/mol. The number of aromatic nitrogens is 4. The van der Waals surface area contributed by atoms with Crippen LogP contribution in [0.2, 0.25) is 0 Å². The molecule has 0 radical (unpaired) electrons. The highest BCUT2D eigenvalue weighted by Crippen LogP contribution is 1.99. The second-order valence-corrected chi connectivity index (χ2v) is 2.32. The zero-order valence-corrected chi connectivity index (χ0v) is 6.12. The molecule has 0 aromatic carbocycles. The standard InChI is InChI=1S/C5H3FN4S/c6-10-5(11)9-3-7-2-1-4(9)8-10/h1-3H. The van der Waals surface area contributed by atoms with Gasteiger partial charge in [0, 0.05) is 12.3 Å². The molecule has 0 bridgehead atoms. The third-order valence-electron chi connectivity index (χ3n) is 1.29. The van der Waals surface area contributed by atoms with E-state index in [-0.39, 0.29) is 9.67 Å². The van der Waals surface area contributed by atoms with Gasteiger partial charge in [0.15, 0.2) is 5.65 Å². The van der Waals surface area contributed by atoms with Gasteiger partial charge < -0.3 is 0 Å². The number of halogens is 1. The van der Waals surface area contributed by atoms with Crippen LogP contribution in [-0.4, -0.2) is 19.4 Å². The summed E-state index contributed by atoms with van der Waals surface area (Å²) in [7, 11) is 0. The Balaban J connectivity index is 3.04. The molecule has 0 aliphatic heterocycles. The minimum Gasteiger partial charge on any atom is -0.256 e. The average Bonchev–Trinajstić information content (AvgIpc) is 2.30. The molecule has 0 saturated carbocycles. The van der Waals surface area contributed by atoms with Gasteiger partial charge >= 0.3 is 0 Å². The zero-order valence-electron chi connectivity index (χ0n) is 5.31. The van der Waals surface area contributed by atoms with Crippen molar-refractivity contribution in [3.05, 3.63) is 23.4 Å². The molecule has 0 atom stereocenters. The van der Waals surface area contributed by atoms with E-state index in [9.17, 15) is 4.48 Å². The van der Waals surface area contributed by atoms with Crippen molar-refractivity contribution in [2.24, 2.45) is 0 Å². The molecule has 0 N–H and O–H groups in total. The minimum absolute atomic E-state index is 0.00639. The Kier molecular flexibility index (Phi) is 1.22. The quantitative estimate of drug-likeness (QED) is 0.553. The van der Waals surface area contributed by atoms with Crippen LogP contribution in [0, 0.1) is 4.77 Å². The maximum Gasteiger partial charge on any atom is 0.237 e. The maximum absolute atomic E-state index is 12.6. The highest BCUT2D eigenvalue weighted by Gasteiger charge is 1.99. The van der Waals surface area contributed by atoms with E-state index in [2.05, 4.69) is 22.3 Å². The number of nitrogens with zero attached hydrogens (tertiary/aromatic N) is 4. The summed E-state index contributed by atoms with van der Waals surface area (Å²) >= 11 is 4.68. The molecule has 2 aromatic heterocycles. The molecule has 0 aliphatic carbocycles. The highest BCUT2D eigenvalue weighted by molar-refractivity contribution is 7.71. The Morgan fingerprint density at radius 1 is 1.55 bits per heavy atom. The van der Waals surface area contributed by atoms with E-state index in [4.69, 9.17) is 0 Å². The highest BCUT2D eigenvalue weighted by atomic mass is 32.1. The van der Waals surface area contributed by atoms with E-state index in [1.165, 1.54) is 16.9 Å².